The molecule has 0 saturated heterocycles. The van der Waals surface area contributed by atoms with Crippen LogP contribution in [0.25, 0.3) is 0 Å². The van der Waals surface area contributed by atoms with Crippen LogP contribution in [0.15, 0.2) is 12.3 Å². The van der Waals surface area contributed by atoms with Crippen molar-refractivity contribution in [2.75, 3.05) is 0 Å². The Morgan fingerprint density at radius 2 is 2.17 bits per heavy atom. The Hall–Kier alpha value is -0.790. The molecule has 0 heterocycles. The largest absolute Gasteiger partial charge is 0.435 e. The fraction of sp³-hybridized carbons (Fsp3) is 0.600. The average Bonchev–Trinajstić information content (AvgIpc) is 2.02. The molecule has 0 amide bonds. The van der Waals surface area contributed by atoms with Crippen LogP contribution in [0.4, 0.5) is 0 Å². The summed E-state index contributed by atoms with van der Waals surface area (Å²) in [5, 5.41) is 0. The standard InChI is InChI=1S/C10H17O2/c1-3-4-5-6-7-8-9-12-10(2)11/h8-9H,2-7H2,1H3. The fourth-order valence-electron chi connectivity index (χ4n) is 0.881. The molecule has 2 nitrogen and oxygen atoms in total. The summed E-state index contributed by atoms with van der Waals surface area (Å²) in [5.74, 6) is -0.500. The number of hydrogen-bond donors (Lipinski definition) is 0. The number of carbonyl (C=O) groups excluding carboxylic acids is 1. The summed E-state index contributed by atoms with van der Waals surface area (Å²) in [7, 11) is 0. The van der Waals surface area contributed by atoms with Crippen molar-refractivity contribution in [2.45, 2.75) is 39.0 Å². The van der Waals surface area contributed by atoms with Gasteiger partial charge in [-0.3, -0.25) is 4.79 Å². The van der Waals surface area contributed by atoms with Crippen molar-refractivity contribution in [3.8, 4) is 0 Å². The first-order valence-electron chi connectivity index (χ1n) is 4.45. The Morgan fingerprint density at radius 3 is 2.75 bits per heavy atom. The lowest BCUT2D eigenvalue weighted by atomic mass is 10.1. The number of esters is 1. The second-order valence-corrected chi connectivity index (χ2v) is 2.71. The van der Waals surface area contributed by atoms with Crippen LogP contribution in [0.2, 0.25) is 0 Å². The molecule has 0 N–H and O–H groups in total. The molecule has 0 aromatic rings. The second kappa shape index (κ2) is 8.31. The summed E-state index contributed by atoms with van der Waals surface area (Å²) in [6.45, 7) is 5.25. The van der Waals surface area contributed by atoms with E-state index in [1.807, 2.05) is 6.08 Å². The monoisotopic (exact) mass is 169 g/mol. The lowest BCUT2D eigenvalue weighted by molar-refractivity contribution is -0.132. The van der Waals surface area contributed by atoms with Crippen LogP contribution in [-0.4, -0.2) is 5.97 Å². The molecule has 0 saturated carbocycles. The smallest absolute Gasteiger partial charge is 0.311 e. The summed E-state index contributed by atoms with van der Waals surface area (Å²) < 4.78 is 4.52. The van der Waals surface area contributed by atoms with Gasteiger partial charge < -0.3 is 4.74 Å². The molecule has 0 rings (SSSR count). The Labute approximate surface area is 74.6 Å². The summed E-state index contributed by atoms with van der Waals surface area (Å²) in [4.78, 5) is 10.2. The predicted molar refractivity (Wildman–Crippen MR) is 49.3 cm³/mol. The van der Waals surface area contributed by atoms with Crippen molar-refractivity contribution < 1.29 is 9.53 Å². The van der Waals surface area contributed by atoms with Gasteiger partial charge in [0.2, 0.25) is 0 Å². The number of allylic oxidation sites excluding steroid dienone is 1. The normalized spacial score (nSPS) is 10.5. The Kier molecular flexibility index (Phi) is 7.76. The van der Waals surface area contributed by atoms with Crippen molar-refractivity contribution in [2.24, 2.45) is 0 Å². The first-order valence-corrected chi connectivity index (χ1v) is 4.45. The molecule has 0 aliphatic carbocycles. The highest BCUT2D eigenvalue weighted by Gasteiger charge is 1.86. The Bertz CT molecular complexity index is 139. The minimum atomic E-state index is -0.500. The lowest BCUT2D eigenvalue weighted by Crippen LogP contribution is -1.89. The molecule has 0 aliphatic rings. The van der Waals surface area contributed by atoms with Gasteiger partial charge in [-0.15, -0.1) is 0 Å². The predicted octanol–water partition coefficient (Wildman–Crippen LogP) is 2.85. The zero-order chi connectivity index (χ0) is 9.23. The molecule has 0 aliphatic heterocycles. The minimum absolute atomic E-state index is 0.500. The molecule has 0 aromatic heterocycles. The number of hydrogen-bond acceptors (Lipinski definition) is 2. The van der Waals surface area contributed by atoms with Crippen LogP contribution >= 0.6 is 0 Å². The maximum absolute atomic E-state index is 10.2. The highest BCUT2D eigenvalue weighted by Crippen LogP contribution is 2.02. The molecule has 0 spiro atoms. The van der Waals surface area contributed by atoms with E-state index in [0.29, 0.717) is 0 Å². The van der Waals surface area contributed by atoms with Crippen LogP contribution in [0.1, 0.15) is 39.0 Å². The van der Waals surface area contributed by atoms with Gasteiger partial charge in [0.15, 0.2) is 0 Å². The molecular formula is C10H17O2. The van der Waals surface area contributed by atoms with Crippen molar-refractivity contribution >= 4 is 5.97 Å². The highest BCUT2D eigenvalue weighted by atomic mass is 16.5. The quantitative estimate of drug-likeness (QED) is 0.347. The SMILES string of the molecule is [CH2]C(=O)OC=CCCCCCC. The van der Waals surface area contributed by atoms with E-state index in [9.17, 15) is 4.79 Å². The first kappa shape index (κ1) is 11.2. The van der Waals surface area contributed by atoms with E-state index in [1.54, 1.807) is 0 Å². The summed E-state index contributed by atoms with van der Waals surface area (Å²) in [6.07, 6.45) is 9.20. The summed E-state index contributed by atoms with van der Waals surface area (Å²) in [5.41, 5.74) is 0. The number of carbonyl (C=O) groups is 1. The molecule has 0 bridgehead atoms. The molecular weight excluding hydrogens is 152 g/mol. The van der Waals surface area contributed by atoms with E-state index in [-0.39, 0.29) is 0 Å². The van der Waals surface area contributed by atoms with Crippen molar-refractivity contribution in [1.82, 2.24) is 0 Å². The van der Waals surface area contributed by atoms with Crippen LogP contribution in [0, 0.1) is 6.92 Å². The Balaban J connectivity index is 3.08. The third-order valence-corrected chi connectivity index (χ3v) is 1.52. The molecule has 0 fully saturated rings. The molecule has 12 heavy (non-hydrogen) atoms. The van der Waals surface area contributed by atoms with Gasteiger partial charge >= 0.3 is 5.97 Å². The summed E-state index contributed by atoms with van der Waals surface area (Å²) >= 11 is 0. The van der Waals surface area contributed by atoms with Crippen LogP contribution in [0.3, 0.4) is 0 Å². The third-order valence-electron chi connectivity index (χ3n) is 1.52. The van der Waals surface area contributed by atoms with Gasteiger partial charge in [-0.1, -0.05) is 26.2 Å². The van der Waals surface area contributed by atoms with E-state index < -0.39 is 5.97 Å². The molecule has 0 atom stereocenters. The van der Waals surface area contributed by atoms with E-state index in [4.69, 9.17) is 0 Å². The maximum atomic E-state index is 10.2. The Morgan fingerprint density at radius 1 is 1.42 bits per heavy atom. The average molecular weight is 169 g/mol. The topological polar surface area (TPSA) is 26.3 Å². The minimum Gasteiger partial charge on any atom is -0.435 e. The zero-order valence-corrected chi connectivity index (χ0v) is 7.71. The molecule has 0 aromatic carbocycles. The number of rotatable bonds is 6. The van der Waals surface area contributed by atoms with E-state index in [1.165, 1.54) is 31.9 Å². The van der Waals surface area contributed by atoms with Gasteiger partial charge in [0.25, 0.3) is 0 Å². The van der Waals surface area contributed by atoms with Crippen LogP contribution < -0.4 is 0 Å². The van der Waals surface area contributed by atoms with Crippen LogP contribution in [0.5, 0.6) is 0 Å². The maximum Gasteiger partial charge on any atom is 0.311 e. The molecule has 1 radical (unpaired) electrons. The first-order chi connectivity index (χ1) is 5.77. The van der Waals surface area contributed by atoms with Gasteiger partial charge in [0, 0.05) is 0 Å². The zero-order valence-electron chi connectivity index (χ0n) is 7.71. The number of ether oxygens (including phenoxy) is 1. The fourth-order valence-corrected chi connectivity index (χ4v) is 0.881. The van der Waals surface area contributed by atoms with E-state index >= 15 is 0 Å². The van der Waals surface area contributed by atoms with Gasteiger partial charge in [0.05, 0.1) is 13.2 Å². The van der Waals surface area contributed by atoms with Crippen molar-refractivity contribution in [3.63, 3.8) is 0 Å². The lowest BCUT2D eigenvalue weighted by Gasteiger charge is -1.94. The third kappa shape index (κ3) is 9.21. The molecule has 0 unspecified atom stereocenters. The number of unbranched alkanes of at least 4 members (excludes halogenated alkanes) is 4. The van der Waals surface area contributed by atoms with Gasteiger partial charge in [-0.2, -0.15) is 0 Å². The molecule has 2 heteroatoms. The molecule has 69 valence electrons. The van der Waals surface area contributed by atoms with Gasteiger partial charge in [-0.25, -0.2) is 0 Å². The van der Waals surface area contributed by atoms with Gasteiger partial charge in [0.1, 0.15) is 0 Å². The summed E-state index contributed by atoms with van der Waals surface area (Å²) in [6, 6.07) is 0. The second-order valence-electron chi connectivity index (χ2n) is 2.71. The van der Waals surface area contributed by atoms with Crippen LogP contribution in [-0.2, 0) is 9.53 Å². The van der Waals surface area contributed by atoms with Crippen molar-refractivity contribution in [3.05, 3.63) is 19.3 Å². The van der Waals surface area contributed by atoms with Gasteiger partial charge in [-0.05, 0) is 18.9 Å². The van der Waals surface area contributed by atoms with E-state index in [2.05, 4.69) is 18.6 Å². The van der Waals surface area contributed by atoms with E-state index in [0.717, 1.165) is 6.42 Å². The highest BCUT2D eigenvalue weighted by molar-refractivity contribution is 5.74. The van der Waals surface area contributed by atoms with Crippen molar-refractivity contribution in [1.29, 1.82) is 0 Å².